The van der Waals surface area contributed by atoms with E-state index in [1.54, 1.807) is 76.4 Å². The summed E-state index contributed by atoms with van der Waals surface area (Å²) in [6, 6.07) is 14.4. The Hall–Kier alpha value is -6.28. The van der Waals surface area contributed by atoms with Crippen LogP contribution in [0.4, 0.5) is 32.3 Å². The van der Waals surface area contributed by atoms with Crippen LogP contribution in [0, 0.1) is 37.7 Å². The lowest BCUT2D eigenvalue weighted by Crippen LogP contribution is -2.40. The highest BCUT2D eigenvalue weighted by Crippen LogP contribution is 2.28. The van der Waals surface area contributed by atoms with Crippen molar-refractivity contribution in [3.63, 3.8) is 0 Å². The molecule has 0 radical (unpaired) electrons. The average molecular weight is 656 g/mol. The zero-order valence-electron chi connectivity index (χ0n) is 26.7. The molecule has 0 heterocycles. The van der Waals surface area contributed by atoms with E-state index < -0.39 is 23.6 Å². The number of carbonyl (C=O) groups excluding carboxylic acids is 5. The average Bonchev–Trinajstić information content (AvgIpc) is 3.06. The molecule has 0 aliphatic carbocycles. The fourth-order valence-electron chi connectivity index (χ4n) is 4.26. The Kier molecular flexibility index (Phi) is 13.1. The van der Waals surface area contributed by atoms with Gasteiger partial charge in [0.25, 0.3) is 6.26 Å². The second kappa shape index (κ2) is 17.4. The molecule has 0 saturated heterocycles. The molecule has 3 rings (SSSR count). The molecule has 48 heavy (non-hydrogen) atoms. The maximum Gasteiger partial charge on any atom is 0.411 e. The van der Waals surface area contributed by atoms with Gasteiger partial charge >= 0.3 is 18.2 Å². The van der Waals surface area contributed by atoms with Crippen molar-refractivity contribution in [1.82, 2.24) is 0 Å². The summed E-state index contributed by atoms with van der Waals surface area (Å²) in [6.07, 6.45) is 2.91. The van der Waals surface area contributed by atoms with E-state index in [1.807, 2.05) is 0 Å². The first-order valence-corrected chi connectivity index (χ1v) is 14.6. The van der Waals surface area contributed by atoms with Crippen molar-refractivity contribution in [3.05, 3.63) is 76.9 Å². The van der Waals surface area contributed by atoms with E-state index in [0.29, 0.717) is 39.4 Å². The lowest BCUT2D eigenvalue weighted by atomic mass is 9.88. The van der Waals surface area contributed by atoms with Gasteiger partial charge in [-0.1, -0.05) is 31.2 Å². The van der Waals surface area contributed by atoms with Crippen molar-refractivity contribution < 1.29 is 42.9 Å². The smallest absolute Gasteiger partial charge is 0.411 e. The summed E-state index contributed by atoms with van der Waals surface area (Å²) in [7, 11) is 0. The lowest BCUT2D eigenvalue weighted by molar-refractivity contribution is -0.148. The van der Waals surface area contributed by atoms with Gasteiger partial charge in [-0.15, -0.1) is 5.26 Å². The molecule has 0 fully saturated rings. The number of ether oxygens (including phenoxy) is 4. The normalized spacial score (nSPS) is 11.3. The third-order valence-electron chi connectivity index (χ3n) is 7.31. The van der Waals surface area contributed by atoms with Crippen LogP contribution >= 0.6 is 0 Å². The summed E-state index contributed by atoms with van der Waals surface area (Å²) in [5.74, 6) is -0.374. The van der Waals surface area contributed by atoms with Gasteiger partial charge in [0.15, 0.2) is 0 Å². The van der Waals surface area contributed by atoms with Crippen molar-refractivity contribution in [1.29, 1.82) is 5.26 Å². The molecule has 0 saturated carbocycles. The third-order valence-corrected chi connectivity index (χ3v) is 7.31. The summed E-state index contributed by atoms with van der Waals surface area (Å²) in [5, 5.41) is 14.0. The summed E-state index contributed by atoms with van der Waals surface area (Å²) in [4.78, 5) is 67.1. The van der Waals surface area contributed by atoms with E-state index in [4.69, 9.17) is 24.2 Å². The molecule has 14 heteroatoms. The van der Waals surface area contributed by atoms with Gasteiger partial charge in [-0.3, -0.25) is 15.4 Å². The molecule has 3 aromatic rings. The van der Waals surface area contributed by atoms with Crippen molar-refractivity contribution in [2.45, 2.75) is 40.5 Å². The quantitative estimate of drug-likeness (QED) is 0.0646. The maximum atomic E-state index is 12.9. The van der Waals surface area contributed by atoms with Gasteiger partial charge in [-0.2, -0.15) is 9.98 Å². The molecule has 2 N–H and O–H groups in total. The van der Waals surface area contributed by atoms with E-state index in [2.05, 4.69) is 20.6 Å². The number of hydrogen-bond acceptors (Lipinski definition) is 12. The first kappa shape index (κ1) is 36.2. The Labute approximate surface area is 276 Å². The minimum absolute atomic E-state index is 0.149. The van der Waals surface area contributed by atoms with Crippen molar-refractivity contribution in [3.8, 4) is 12.0 Å². The van der Waals surface area contributed by atoms with Gasteiger partial charge in [0.05, 0.1) is 23.2 Å². The third kappa shape index (κ3) is 10.7. The van der Waals surface area contributed by atoms with E-state index in [0.717, 1.165) is 5.56 Å². The predicted molar refractivity (Wildman–Crippen MR) is 173 cm³/mol. The number of isocyanates is 2. The molecule has 1 atom stereocenters. The Morgan fingerprint density at radius 1 is 0.750 bits per heavy atom. The SMILES string of the molecule is CCC(COC(=O)Cc1ccc(C)c(N=C=O)c1)(COC(=O)Nc1ccc(C)c(N=C=O)c1)COC(=O)Nc1ccc(C)c(OC#N)c1. The molecule has 0 bridgehead atoms. The summed E-state index contributed by atoms with van der Waals surface area (Å²) in [5.41, 5.74) is 2.75. The predicted octanol–water partition coefficient (Wildman–Crippen LogP) is 6.39. The van der Waals surface area contributed by atoms with Gasteiger partial charge in [0.2, 0.25) is 12.2 Å². The van der Waals surface area contributed by atoms with Crippen LogP contribution in [0.5, 0.6) is 5.75 Å². The summed E-state index contributed by atoms with van der Waals surface area (Å²) < 4.78 is 21.5. The number of nitrogens with one attached hydrogen (secondary N) is 2. The van der Waals surface area contributed by atoms with Crippen molar-refractivity contribution in [2.24, 2.45) is 15.4 Å². The second-order valence-electron chi connectivity index (χ2n) is 10.8. The first-order chi connectivity index (χ1) is 23.0. The molecular weight excluding hydrogens is 622 g/mol. The number of anilines is 2. The fraction of sp³-hybridized carbons (Fsp3) is 0.294. The van der Waals surface area contributed by atoms with Crippen molar-refractivity contribution in [2.75, 3.05) is 30.5 Å². The highest BCUT2D eigenvalue weighted by atomic mass is 16.6. The number of aryl methyl sites for hydroxylation is 3. The van der Waals surface area contributed by atoms with Crippen LogP contribution in [-0.4, -0.2) is 50.1 Å². The molecule has 0 aliphatic rings. The van der Waals surface area contributed by atoms with Crippen LogP contribution in [0.1, 0.15) is 35.6 Å². The number of esters is 1. The molecule has 2 amide bonds. The first-order valence-electron chi connectivity index (χ1n) is 14.6. The van der Waals surface area contributed by atoms with Gasteiger partial charge in [-0.25, -0.2) is 19.2 Å². The largest absolute Gasteiger partial charge is 0.465 e. The molecule has 0 aromatic heterocycles. The Morgan fingerprint density at radius 3 is 1.83 bits per heavy atom. The second-order valence-corrected chi connectivity index (χ2v) is 10.8. The molecule has 3 aromatic carbocycles. The summed E-state index contributed by atoms with van der Waals surface area (Å²) >= 11 is 0. The maximum absolute atomic E-state index is 12.9. The number of hydrogen-bond donors (Lipinski definition) is 2. The van der Waals surface area contributed by atoms with Crippen LogP contribution in [0.25, 0.3) is 0 Å². The molecule has 0 spiro atoms. The number of nitriles is 1. The molecule has 0 aliphatic heterocycles. The topological polar surface area (TPSA) is 195 Å². The standard InChI is InChI=1S/C34H33N5O9/c1-5-34(16-45-31(42)13-25-9-6-22(2)28(12-25)36-20-40,17-46-32(43)38-26-10-7-23(3)29(14-26)37-21-41)18-47-33(44)39-27-11-8-24(4)30(15-27)48-19-35/h6-12,14-15H,5,13,16-18H2,1-4H3,(H,38,43)(H,39,44). The number of carbonyl (C=O) groups is 3. The Balaban J connectivity index is 1.74. The van der Waals surface area contributed by atoms with E-state index >= 15 is 0 Å². The minimum atomic E-state index is -1.17. The van der Waals surface area contributed by atoms with E-state index in [1.165, 1.54) is 24.3 Å². The van der Waals surface area contributed by atoms with Gasteiger partial charge in [-0.05, 0) is 73.7 Å². The van der Waals surface area contributed by atoms with Crippen LogP contribution in [0.2, 0.25) is 0 Å². The number of benzene rings is 3. The minimum Gasteiger partial charge on any atom is -0.465 e. The fourth-order valence-corrected chi connectivity index (χ4v) is 4.26. The van der Waals surface area contributed by atoms with Crippen LogP contribution in [-0.2, 0) is 35.0 Å². The monoisotopic (exact) mass is 655 g/mol. The number of aliphatic imine (C=N–C) groups is 2. The van der Waals surface area contributed by atoms with E-state index in [9.17, 15) is 24.0 Å². The highest BCUT2D eigenvalue weighted by molar-refractivity contribution is 5.86. The zero-order chi connectivity index (χ0) is 35.1. The Morgan fingerprint density at radius 2 is 1.27 bits per heavy atom. The summed E-state index contributed by atoms with van der Waals surface area (Å²) in [6.45, 7) is 6.03. The number of rotatable bonds is 14. The highest BCUT2D eigenvalue weighted by Gasteiger charge is 2.34. The van der Waals surface area contributed by atoms with E-state index in [-0.39, 0.29) is 38.4 Å². The number of amides is 2. The molecule has 14 nitrogen and oxygen atoms in total. The van der Waals surface area contributed by atoms with Gasteiger partial charge < -0.3 is 18.9 Å². The molecular formula is C34H33N5O9. The van der Waals surface area contributed by atoms with Crippen LogP contribution in [0.15, 0.2) is 64.6 Å². The van der Waals surface area contributed by atoms with Crippen LogP contribution in [0.3, 0.4) is 0 Å². The Bertz CT molecular complexity index is 1720. The zero-order valence-corrected chi connectivity index (χ0v) is 26.7. The lowest BCUT2D eigenvalue weighted by Gasteiger charge is -2.31. The van der Waals surface area contributed by atoms with Gasteiger partial charge in [0, 0.05) is 17.4 Å². The van der Waals surface area contributed by atoms with Gasteiger partial charge in [0.1, 0.15) is 25.6 Å². The molecule has 1 unspecified atom stereocenters. The van der Waals surface area contributed by atoms with Crippen molar-refractivity contribution >= 4 is 53.1 Å². The molecule has 248 valence electrons. The number of nitrogens with zero attached hydrogens (tertiary/aromatic N) is 3. The van der Waals surface area contributed by atoms with Crippen LogP contribution < -0.4 is 15.4 Å².